The number of rotatable bonds is 3. The number of hydrogen-bond donors (Lipinski definition) is 0. The average Bonchev–Trinajstić information content (AvgIpc) is 2.43. The average molecular weight is 360 g/mol. The highest BCUT2D eigenvalue weighted by Crippen LogP contribution is 2.27. The van der Waals surface area contributed by atoms with Crippen molar-refractivity contribution in [1.82, 2.24) is 9.80 Å². The number of hydrogen-bond acceptors (Lipinski definition) is 2. The van der Waals surface area contributed by atoms with Crippen LogP contribution in [0.1, 0.15) is 23.2 Å². The molecule has 0 saturated carbocycles. The summed E-state index contributed by atoms with van der Waals surface area (Å²) in [6, 6.07) is 5.46. The van der Waals surface area contributed by atoms with E-state index in [2.05, 4.69) is 27.9 Å². The molecule has 2 rings (SSSR count). The van der Waals surface area contributed by atoms with E-state index in [0.29, 0.717) is 16.5 Å². The van der Waals surface area contributed by atoms with Crippen molar-refractivity contribution in [2.75, 3.05) is 33.7 Å². The van der Waals surface area contributed by atoms with E-state index in [1.807, 2.05) is 19.2 Å². The van der Waals surface area contributed by atoms with Gasteiger partial charge in [0.1, 0.15) is 0 Å². The molecule has 0 atom stereocenters. The normalized spacial score (nSPS) is 17.2. The van der Waals surface area contributed by atoms with Crippen LogP contribution in [-0.2, 0) is 0 Å². The van der Waals surface area contributed by atoms with Crippen molar-refractivity contribution in [2.45, 2.75) is 12.8 Å². The van der Waals surface area contributed by atoms with Crippen molar-refractivity contribution in [3.05, 3.63) is 33.3 Å². The van der Waals surface area contributed by atoms with Crippen LogP contribution in [0.4, 0.5) is 0 Å². The van der Waals surface area contributed by atoms with Crippen LogP contribution in [0.15, 0.2) is 22.7 Å². The maximum atomic E-state index is 12.5. The van der Waals surface area contributed by atoms with E-state index in [1.165, 1.54) is 0 Å². The first-order valence-corrected chi connectivity index (χ1v) is 8.04. The summed E-state index contributed by atoms with van der Waals surface area (Å²) in [7, 11) is 4.00. The van der Waals surface area contributed by atoms with Gasteiger partial charge in [-0.2, -0.15) is 0 Å². The van der Waals surface area contributed by atoms with Gasteiger partial charge in [0.05, 0.1) is 10.6 Å². The van der Waals surface area contributed by atoms with Crippen LogP contribution in [0.5, 0.6) is 0 Å². The molecule has 110 valence electrons. The summed E-state index contributed by atoms with van der Waals surface area (Å²) in [4.78, 5) is 16.6. The van der Waals surface area contributed by atoms with E-state index < -0.39 is 0 Å². The molecule has 1 fully saturated rings. The number of halogens is 2. The predicted molar refractivity (Wildman–Crippen MR) is 86.3 cm³/mol. The second-order valence-electron chi connectivity index (χ2n) is 5.53. The maximum Gasteiger partial charge on any atom is 0.255 e. The van der Waals surface area contributed by atoms with Gasteiger partial charge in [-0.05, 0) is 67.0 Å². The monoisotopic (exact) mass is 358 g/mol. The Morgan fingerprint density at radius 3 is 2.75 bits per heavy atom. The van der Waals surface area contributed by atoms with Gasteiger partial charge in [0.2, 0.25) is 0 Å². The van der Waals surface area contributed by atoms with Crippen LogP contribution in [-0.4, -0.2) is 49.4 Å². The van der Waals surface area contributed by atoms with Crippen molar-refractivity contribution in [1.29, 1.82) is 0 Å². The molecule has 0 spiro atoms. The number of benzene rings is 1. The van der Waals surface area contributed by atoms with Gasteiger partial charge in [-0.25, -0.2) is 0 Å². The first-order chi connectivity index (χ1) is 9.49. The minimum absolute atomic E-state index is 0.00442. The Labute approximate surface area is 134 Å². The fraction of sp³-hybridized carbons (Fsp3) is 0.533. The van der Waals surface area contributed by atoms with Crippen LogP contribution in [0, 0.1) is 5.92 Å². The molecule has 20 heavy (non-hydrogen) atoms. The largest absolute Gasteiger partial charge is 0.341 e. The number of carbonyl (C=O) groups is 1. The molecule has 1 heterocycles. The molecule has 0 N–H and O–H groups in total. The quantitative estimate of drug-likeness (QED) is 0.824. The zero-order valence-electron chi connectivity index (χ0n) is 11.9. The molecule has 1 amide bonds. The summed E-state index contributed by atoms with van der Waals surface area (Å²) in [6.07, 6.45) is 2.31. The summed E-state index contributed by atoms with van der Waals surface area (Å²) in [5, 5.41) is 0.493. The summed E-state index contributed by atoms with van der Waals surface area (Å²) < 4.78 is 0.762. The third-order valence-corrected chi connectivity index (χ3v) is 5.20. The van der Waals surface area contributed by atoms with Crippen LogP contribution >= 0.6 is 27.5 Å². The first-order valence-electron chi connectivity index (χ1n) is 6.87. The Morgan fingerprint density at radius 2 is 2.10 bits per heavy atom. The molecule has 1 aliphatic heterocycles. The van der Waals surface area contributed by atoms with Crippen LogP contribution in [0.3, 0.4) is 0 Å². The second kappa shape index (κ2) is 6.92. The Kier molecular flexibility index (Phi) is 5.47. The second-order valence-corrected chi connectivity index (χ2v) is 6.77. The molecular weight excluding hydrogens is 340 g/mol. The summed E-state index contributed by atoms with van der Waals surface area (Å²) >= 11 is 9.55. The highest BCUT2D eigenvalue weighted by atomic mass is 79.9. The molecule has 5 heteroatoms. The van der Waals surface area contributed by atoms with E-state index in [-0.39, 0.29) is 5.91 Å². The third kappa shape index (κ3) is 3.74. The molecule has 1 aromatic carbocycles. The topological polar surface area (TPSA) is 23.6 Å². The number of carbonyl (C=O) groups excluding carboxylic acids is 1. The van der Waals surface area contributed by atoms with Crippen molar-refractivity contribution >= 4 is 33.4 Å². The highest BCUT2D eigenvalue weighted by molar-refractivity contribution is 9.10. The highest BCUT2D eigenvalue weighted by Gasteiger charge is 2.22. The van der Waals surface area contributed by atoms with Crippen LogP contribution < -0.4 is 0 Å². The smallest absolute Gasteiger partial charge is 0.255 e. The molecule has 0 bridgehead atoms. The molecule has 0 radical (unpaired) electrons. The Balaban J connectivity index is 2.00. The fourth-order valence-corrected chi connectivity index (χ4v) is 3.16. The minimum Gasteiger partial charge on any atom is -0.341 e. The molecular formula is C15H20BrClN2O. The lowest BCUT2D eigenvalue weighted by Gasteiger charge is -2.31. The Morgan fingerprint density at radius 1 is 1.45 bits per heavy atom. The number of amides is 1. The third-order valence-electron chi connectivity index (χ3n) is 3.90. The lowest BCUT2D eigenvalue weighted by Crippen LogP contribution is -2.38. The molecule has 1 aromatic rings. The SMILES string of the molecule is CN1CCC(CN(C)C(=O)c2cccc(Br)c2Cl)CC1. The Bertz CT molecular complexity index is 487. The molecule has 1 aliphatic rings. The van der Waals surface area contributed by atoms with Crippen molar-refractivity contribution in [3.63, 3.8) is 0 Å². The van der Waals surface area contributed by atoms with Crippen molar-refractivity contribution < 1.29 is 4.79 Å². The zero-order valence-corrected chi connectivity index (χ0v) is 14.2. The first kappa shape index (κ1) is 15.8. The molecule has 1 saturated heterocycles. The lowest BCUT2D eigenvalue weighted by atomic mass is 9.96. The van der Waals surface area contributed by atoms with E-state index in [4.69, 9.17) is 11.6 Å². The van der Waals surface area contributed by atoms with Crippen LogP contribution in [0.25, 0.3) is 0 Å². The van der Waals surface area contributed by atoms with Gasteiger partial charge in [-0.15, -0.1) is 0 Å². The standard InChI is InChI=1S/C15H20BrClN2O/c1-18-8-6-11(7-9-18)10-19(2)15(20)12-4-3-5-13(16)14(12)17/h3-5,11H,6-10H2,1-2H3. The lowest BCUT2D eigenvalue weighted by molar-refractivity contribution is 0.0747. The summed E-state index contributed by atoms with van der Waals surface area (Å²) in [5.41, 5.74) is 0.566. The van der Waals surface area contributed by atoms with Crippen molar-refractivity contribution in [3.8, 4) is 0 Å². The van der Waals surface area contributed by atoms with Gasteiger partial charge >= 0.3 is 0 Å². The van der Waals surface area contributed by atoms with Crippen LogP contribution in [0.2, 0.25) is 5.02 Å². The Hall–Kier alpha value is -0.580. The minimum atomic E-state index is -0.00442. The summed E-state index contributed by atoms with van der Waals surface area (Å²) in [5.74, 6) is 0.585. The molecule has 0 unspecified atom stereocenters. The molecule has 3 nitrogen and oxygen atoms in total. The van der Waals surface area contributed by atoms with Gasteiger partial charge in [-0.3, -0.25) is 4.79 Å². The van der Waals surface area contributed by atoms with Crippen molar-refractivity contribution in [2.24, 2.45) is 5.92 Å². The van der Waals surface area contributed by atoms with Gasteiger partial charge in [0.25, 0.3) is 5.91 Å². The van der Waals surface area contributed by atoms with E-state index in [0.717, 1.165) is 36.9 Å². The fourth-order valence-electron chi connectivity index (χ4n) is 2.59. The maximum absolute atomic E-state index is 12.5. The zero-order chi connectivity index (χ0) is 14.7. The molecule has 0 aromatic heterocycles. The van der Waals surface area contributed by atoms with E-state index in [9.17, 15) is 4.79 Å². The number of piperidine rings is 1. The number of nitrogens with zero attached hydrogens (tertiary/aromatic N) is 2. The van der Waals surface area contributed by atoms with Gasteiger partial charge < -0.3 is 9.80 Å². The van der Waals surface area contributed by atoms with Gasteiger partial charge in [0.15, 0.2) is 0 Å². The van der Waals surface area contributed by atoms with Gasteiger partial charge in [-0.1, -0.05) is 17.7 Å². The van der Waals surface area contributed by atoms with E-state index >= 15 is 0 Å². The number of likely N-dealkylation sites (tertiary alicyclic amines) is 1. The predicted octanol–water partition coefficient (Wildman–Crippen LogP) is 3.52. The molecule has 0 aliphatic carbocycles. The summed E-state index contributed by atoms with van der Waals surface area (Å²) in [6.45, 7) is 3.03. The van der Waals surface area contributed by atoms with Gasteiger partial charge in [0, 0.05) is 18.1 Å². The van der Waals surface area contributed by atoms with E-state index in [1.54, 1.807) is 11.0 Å².